The van der Waals surface area contributed by atoms with Crippen molar-refractivity contribution in [3.63, 3.8) is 0 Å². The standard InChI is InChI=1S/C20H21F4N3O/c21-17-4-2-1-3-14(17)7-10-25-19(28)15-8-11-27(12-9-15)18-6-5-16(13-26-18)20(22,23)24/h1-6,13,15H,7-12H2,(H,25,28). The normalized spacial score (nSPS) is 15.5. The number of nitrogens with one attached hydrogen (secondary N) is 1. The number of rotatable bonds is 5. The summed E-state index contributed by atoms with van der Waals surface area (Å²) in [5.41, 5.74) is -0.216. The lowest BCUT2D eigenvalue weighted by molar-refractivity contribution is -0.137. The van der Waals surface area contributed by atoms with E-state index in [0.29, 0.717) is 50.3 Å². The van der Waals surface area contributed by atoms with Gasteiger partial charge in [0.05, 0.1) is 5.56 Å². The molecule has 150 valence electrons. The molecule has 1 N–H and O–H groups in total. The molecule has 0 bridgehead atoms. The summed E-state index contributed by atoms with van der Waals surface area (Å²) in [6.07, 6.45) is -1.97. The van der Waals surface area contributed by atoms with E-state index in [1.807, 2.05) is 4.90 Å². The van der Waals surface area contributed by atoms with Crippen LogP contribution in [-0.4, -0.2) is 30.5 Å². The fourth-order valence-electron chi connectivity index (χ4n) is 3.28. The SMILES string of the molecule is O=C(NCCc1ccccc1F)C1CCN(c2ccc(C(F)(F)F)cn2)CC1. The summed E-state index contributed by atoms with van der Waals surface area (Å²) in [5, 5.41) is 2.84. The molecule has 0 aliphatic carbocycles. The lowest BCUT2D eigenvalue weighted by Gasteiger charge is -2.32. The van der Waals surface area contributed by atoms with Crippen LogP contribution in [0.4, 0.5) is 23.4 Å². The third-order valence-corrected chi connectivity index (χ3v) is 4.92. The number of anilines is 1. The number of aromatic nitrogens is 1. The van der Waals surface area contributed by atoms with Crippen molar-refractivity contribution < 1.29 is 22.4 Å². The number of benzene rings is 1. The first kappa shape index (κ1) is 20.1. The Kier molecular flexibility index (Phi) is 6.16. The van der Waals surface area contributed by atoms with Gasteiger partial charge in [0.1, 0.15) is 11.6 Å². The first-order valence-electron chi connectivity index (χ1n) is 9.14. The van der Waals surface area contributed by atoms with Crippen LogP contribution in [-0.2, 0) is 17.4 Å². The van der Waals surface area contributed by atoms with E-state index < -0.39 is 11.7 Å². The molecule has 28 heavy (non-hydrogen) atoms. The highest BCUT2D eigenvalue weighted by Gasteiger charge is 2.31. The summed E-state index contributed by atoms with van der Waals surface area (Å²) in [5.74, 6) is -0.0387. The van der Waals surface area contributed by atoms with E-state index in [9.17, 15) is 22.4 Å². The van der Waals surface area contributed by atoms with Gasteiger partial charge in [-0.05, 0) is 43.0 Å². The molecule has 1 aliphatic heterocycles. The number of piperidine rings is 1. The van der Waals surface area contributed by atoms with Gasteiger partial charge in [0.2, 0.25) is 5.91 Å². The minimum atomic E-state index is -4.40. The second-order valence-electron chi connectivity index (χ2n) is 6.80. The van der Waals surface area contributed by atoms with Crippen LogP contribution in [0.1, 0.15) is 24.0 Å². The van der Waals surface area contributed by atoms with Crippen LogP contribution in [0.3, 0.4) is 0 Å². The third-order valence-electron chi connectivity index (χ3n) is 4.92. The van der Waals surface area contributed by atoms with Gasteiger partial charge in [0.15, 0.2) is 0 Å². The van der Waals surface area contributed by atoms with Gasteiger partial charge in [-0.15, -0.1) is 0 Å². The molecule has 1 aromatic carbocycles. The van der Waals surface area contributed by atoms with E-state index in [4.69, 9.17) is 0 Å². The van der Waals surface area contributed by atoms with Crippen LogP contribution in [0, 0.1) is 11.7 Å². The predicted octanol–water partition coefficient (Wildman–Crippen LogP) is 3.81. The van der Waals surface area contributed by atoms with E-state index in [1.54, 1.807) is 18.2 Å². The van der Waals surface area contributed by atoms with E-state index in [2.05, 4.69) is 10.3 Å². The highest BCUT2D eigenvalue weighted by molar-refractivity contribution is 5.79. The number of hydrogen-bond donors (Lipinski definition) is 1. The van der Waals surface area contributed by atoms with Crippen LogP contribution in [0.25, 0.3) is 0 Å². The van der Waals surface area contributed by atoms with Crippen molar-refractivity contribution in [2.45, 2.75) is 25.4 Å². The Morgan fingerprint density at radius 2 is 1.86 bits per heavy atom. The van der Waals surface area contributed by atoms with E-state index in [-0.39, 0.29) is 17.6 Å². The molecule has 0 spiro atoms. The molecule has 2 heterocycles. The Labute approximate surface area is 160 Å². The van der Waals surface area contributed by atoms with Gasteiger partial charge in [-0.2, -0.15) is 13.2 Å². The van der Waals surface area contributed by atoms with Gasteiger partial charge in [0, 0.05) is 31.7 Å². The maximum Gasteiger partial charge on any atom is 0.417 e. The molecule has 1 saturated heterocycles. The lowest BCUT2D eigenvalue weighted by Crippen LogP contribution is -2.41. The van der Waals surface area contributed by atoms with Crippen molar-refractivity contribution in [1.29, 1.82) is 0 Å². The van der Waals surface area contributed by atoms with Crippen molar-refractivity contribution in [3.05, 3.63) is 59.5 Å². The van der Waals surface area contributed by atoms with Crippen LogP contribution >= 0.6 is 0 Å². The molecule has 0 radical (unpaired) electrons. The Balaban J connectivity index is 1.45. The summed E-state index contributed by atoms with van der Waals surface area (Å²) < 4.78 is 51.4. The average molecular weight is 395 g/mol. The number of pyridine rings is 1. The first-order chi connectivity index (χ1) is 13.3. The summed E-state index contributed by atoms with van der Waals surface area (Å²) in [4.78, 5) is 18.1. The number of amides is 1. The van der Waals surface area contributed by atoms with Gasteiger partial charge in [-0.25, -0.2) is 9.37 Å². The Morgan fingerprint density at radius 1 is 1.14 bits per heavy atom. The van der Waals surface area contributed by atoms with Crippen molar-refractivity contribution >= 4 is 11.7 Å². The monoisotopic (exact) mass is 395 g/mol. The van der Waals surface area contributed by atoms with Crippen molar-refractivity contribution in [2.75, 3.05) is 24.5 Å². The second kappa shape index (κ2) is 8.58. The molecule has 1 fully saturated rings. The van der Waals surface area contributed by atoms with E-state index in [1.165, 1.54) is 12.1 Å². The highest BCUT2D eigenvalue weighted by atomic mass is 19.4. The van der Waals surface area contributed by atoms with Gasteiger partial charge in [-0.1, -0.05) is 18.2 Å². The molecule has 0 unspecified atom stereocenters. The van der Waals surface area contributed by atoms with E-state index >= 15 is 0 Å². The molecular formula is C20H21F4N3O. The Bertz CT molecular complexity index is 800. The van der Waals surface area contributed by atoms with Crippen LogP contribution < -0.4 is 10.2 Å². The van der Waals surface area contributed by atoms with Crippen LogP contribution in [0.5, 0.6) is 0 Å². The van der Waals surface area contributed by atoms with Gasteiger partial charge < -0.3 is 10.2 Å². The topological polar surface area (TPSA) is 45.2 Å². The highest BCUT2D eigenvalue weighted by Crippen LogP contribution is 2.30. The van der Waals surface area contributed by atoms with Gasteiger partial charge >= 0.3 is 6.18 Å². The van der Waals surface area contributed by atoms with Crippen molar-refractivity contribution in [2.24, 2.45) is 5.92 Å². The van der Waals surface area contributed by atoms with Crippen molar-refractivity contribution in [3.8, 4) is 0 Å². The van der Waals surface area contributed by atoms with Crippen LogP contribution in [0.2, 0.25) is 0 Å². The molecule has 0 saturated carbocycles. The summed E-state index contributed by atoms with van der Waals surface area (Å²) in [6, 6.07) is 8.84. The lowest BCUT2D eigenvalue weighted by atomic mass is 9.95. The number of hydrogen-bond acceptors (Lipinski definition) is 3. The maximum atomic E-state index is 13.6. The predicted molar refractivity (Wildman–Crippen MR) is 97.3 cm³/mol. The fraction of sp³-hybridized carbons (Fsp3) is 0.400. The summed E-state index contributed by atoms with van der Waals surface area (Å²) >= 11 is 0. The van der Waals surface area contributed by atoms with Gasteiger partial charge in [-0.3, -0.25) is 4.79 Å². The molecule has 1 aromatic heterocycles. The first-order valence-corrected chi connectivity index (χ1v) is 9.14. The quantitative estimate of drug-likeness (QED) is 0.783. The van der Waals surface area contributed by atoms with Crippen LogP contribution in [0.15, 0.2) is 42.6 Å². The maximum absolute atomic E-state index is 13.6. The second-order valence-corrected chi connectivity index (χ2v) is 6.80. The molecule has 4 nitrogen and oxygen atoms in total. The smallest absolute Gasteiger partial charge is 0.357 e. The molecule has 3 rings (SSSR count). The fourth-order valence-corrected chi connectivity index (χ4v) is 3.28. The van der Waals surface area contributed by atoms with E-state index in [0.717, 1.165) is 12.3 Å². The molecular weight excluding hydrogens is 374 g/mol. The minimum Gasteiger partial charge on any atom is -0.357 e. The summed E-state index contributed by atoms with van der Waals surface area (Å²) in [7, 11) is 0. The summed E-state index contributed by atoms with van der Waals surface area (Å²) in [6.45, 7) is 1.45. The Hall–Kier alpha value is -2.64. The Morgan fingerprint density at radius 3 is 2.46 bits per heavy atom. The minimum absolute atomic E-state index is 0.0728. The van der Waals surface area contributed by atoms with Crippen molar-refractivity contribution in [1.82, 2.24) is 10.3 Å². The third kappa shape index (κ3) is 4.99. The average Bonchev–Trinajstić information content (AvgIpc) is 2.69. The molecule has 1 amide bonds. The zero-order valence-electron chi connectivity index (χ0n) is 15.2. The number of carbonyl (C=O) groups excluding carboxylic acids is 1. The number of nitrogens with zero attached hydrogens (tertiary/aromatic N) is 2. The molecule has 8 heteroatoms. The molecule has 0 atom stereocenters. The van der Waals surface area contributed by atoms with Gasteiger partial charge in [0.25, 0.3) is 0 Å². The largest absolute Gasteiger partial charge is 0.417 e. The molecule has 2 aromatic rings. The number of carbonyl (C=O) groups is 1. The zero-order chi connectivity index (χ0) is 20.1. The molecule has 1 aliphatic rings. The number of halogens is 4. The zero-order valence-corrected chi connectivity index (χ0v) is 15.2. The number of alkyl halides is 3.